The lowest BCUT2D eigenvalue weighted by Gasteiger charge is -2.07. The predicted octanol–water partition coefficient (Wildman–Crippen LogP) is 5.41. The van der Waals surface area contributed by atoms with E-state index in [1.54, 1.807) is 61.0 Å². The topological polar surface area (TPSA) is 82.9 Å². The highest BCUT2D eigenvalue weighted by molar-refractivity contribution is 7.91. The van der Waals surface area contributed by atoms with Gasteiger partial charge in [-0.3, -0.25) is 10.9 Å². The number of rotatable bonds is 8. The van der Waals surface area contributed by atoms with Crippen molar-refractivity contribution in [2.75, 3.05) is 10.9 Å². The summed E-state index contributed by atoms with van der Waals surface area (Å²) in [6.45, 7) is 0. The fourth-order valence-electron chi connectivity index (χ4n) is 2.99. The van der Waals surface area contributed by atoms with Gasteiger partial charge < -0.3 is 0 Å². The summed E-state index contributed by atoms with van der Waals surface area (Å²) >= 11 is 0. The Morgan fingerprint density at radius 2 is 0.879 bits per heavy atom. The van der Waals surface area contributed by atoms with Crippen molar-refractivity contribution in [3.05, 3.63) is 120 Å². The molecule has 0 aliphatic carbocycles. The van der Waals surface area contributed by atoms with Crippen molar-refractivity contribution < 1.29 is 8.42 Å². The number of hydrazone groups is 2. The molecule has 0 aliphatic rings. The van der Waals surface area contributed by atoms with E-state index < -0.39 is 9.84 Å². The molecule has 6 nitrogen and oxygen atoms in total. The molecule has 0 unspecified atom stereocenters. The highest BCUT2D eigenvalue weighted by Gasteiger charge is 2.17. The highest BCUT2D eigenvalue weighted by atomic mass is 32.2. The molecule has 0 bridgehead atoms. The van der Waals surface area contributed by atoms with Crippen molar-refractivity contribution in [2.24, 2.45) is 10.2 Å². The number of nitrogens with zero attached hydrogens (tertiary/aromatic N) is 2. The van der Waals surface area contributed by atoms with Crippen LogP contribution in [0, 0.1) is 0 Å². The minimum atomic E-state index is -3.63. The first-order valence-corrected chi connectivity index (χ1v) is 11.7. The van der Waals surface area contributed by atoms with Gasteiger partial charge in [0.2, 0.25) is 9.84 Å². The quantitative estimate of drug-likeness (QED) is 0.275. The van der Waals surface area contributed by atoms with Crippen LogP contribution < -0.4 is 10.9 Å². The van der Waals surface area contributed by atoms with Gasteiger partial charge in [-0.2, -0.15) is 10.2 Å². The summed E-state index contributed by atoms with van der Waals surface area (Å²) in [5.74, 6) is 0. The molecule has 164 valence electrons. The summed E-state index contributed by atoms with van der Waals surface area (Å²) in [6, 6.07) is 32.4. The molecule has 0 atom stereocenters. The Morgan fingerprint density at radius 3 is 1.24 bits per heavy atom. The Balaban J connectivity index is 1.39. The molecular weight excluding hydrogens is 432 g/mol. The molecule has 0 saturated heterocycles. The van der Waals surface area contributed by atoms with Gasteiger partial charge in [-0.15, -0.1) is 0 Å². The number of sulfone groups is 1. The fraction of sp³-hybridized carbons (Fsp3) is 0. The molecule has 4 aromatic carbocycles. The molecule has 2 N–H and O–H groups in total. The standard InChI is InChI=1S/C26H22N4O2S/c31-33(32,25-15-11-23(12-16-25)29-27-19-21-7-3-1-4-8-21)26-17-13-24(14-18-26)30-28-20-22-9-5-2-6-10-22/h1-20,29-30H/b27-19+,28-20+. The lowest BCUT2D eigenvalue weighted by molar-refractivity contribution is 0.596. The maximum Gasteiger partial charge on any atom is 0.206 e. The smallest absolute Gasteiger partial charge is 0.206 e. The van der Waals surface area contributed by atoms with Gasteiger partial charge in [0.25, 0.3) is 0 Å². The van der Waals surface area contributed by atoms with Crippen molar-refractivity contribution in [3.8, 4) is 0 Å². The number of hydrogen-bond donors (Lipinski definition) is 2. The third kappa shape index (κ3) is 5.93. The molecule has 0 fully saturated rings. The van der Waals surface area contributed by atoms with E-state index in [2.05, 4.69) is 21.1 Å². The summed E-state index contributed by atoms with van der Waals surface area (Å²) in [5, 5.41) is 8.34. The van der Waals surface area contributed by atoms with E-state index in [4.69, 9.17) is 0 Å². The second-order valence-corrected chi connectivity index (χ2v) is 9.06. The zero-order chi connectivity index (χ0) is 22.9. The zero-order valence-corrected chi connectivity index (χ0v) is 18.5. The van der Waals surface area contributed by atoms with Crippen LogP contribution in [0.15, 0.2) is 129 Å². The molecule has 0 spiro atoms. The van der Waals surface area contributed by atoms with Crippen LogP contribution in [0.25, 0.3) is 0 Å². The minimum absolute atomic E-state index is 0.211. The van der Waals surface area contributed by atoms with E-state index in [1.807, 2.05) is 60.7 Å². The summed E-state index contributed by atoms with van der Waals surface area (Å²) in [5.41, 5.74) is 9.12. The van der Waals surface area contributed by atoms with Crippen LogP contribution in [0.2, 0.25) is 0 Å². The molecule has 4 rings (SSSR count). The van der Waals surface area contributed by atoms with Gasteiger partial charge in [0.1, 0.15) is 0 Å². The first-order valence-electron chi connectivity index (χ1n) is 10.2. The summed E-state index contributed by atoms with van der Waals surface area (Å²) in [7, 11) is -3.63. The molecule has 0 saturated carbocycles. The van der Waals surface area contributed by atoms with E-state index in [9.17, 15) is 8.42 Å². The van der Waals surface area contributed by atoms with E-state index >= 15 is 0 Å². The van der Waals surface area contributed by atoms with Crippen LogP contribution in [-0.2, 0) is 9.84 Å². The van der Waals surface area contributed by atoms with E-state index in [1.165, 1.54) is 0 Å². The normalized spacial score (nSPS) is 11.6. The number of nitrogens with one attached hydrogen (secondary N) is 2. The minimum Gasteiger partial charge on any atom is -0.279 e. The molecule has 0 radical (unpaired) electrons. The van der Waals surface area contributed by atoms with Crippen LogP contribution in [-0.4, -0.2) is 20.8 Å². The van der Waals surface area contributed by atoms with Crippen molar-refractivity contribution in [1.29, 1.82) is 0 Å². The molecule has 7 heteroatoms. The first kappa shape index (κ1) is 22.0. The van der Waals surface area contributed by atoms with Crippen LogP contribution >= 0.6 is 0 Å². The average Bonchev–Trinajstić information content (AvgIpc) is 2.86. The molecule has 0 heterocycles. The van der Waals surface area contributed by atoms with Gasteiger partial charge in [-0.05, 0) is 59.7 Å². The molecule has 33 heavy (non-hydrogen) atoms. The number of benzene rings is 4. The summed E-state index contributed by atoms with van der Waals surface area (Å²) < 4.78 is 25.9. The number of hydrogen-bond acceptors (Lipinski definition) is 6. The second kappa shape index (κ2) is 10.4. The molecule has 0 aliphatic heterocycles. The van der Waals surface area contributed by atoms with Crippen molar-refractivity contribution >= 4 is 33.6 Å². The van der Waals surface area contributed by atoms with Crippen molar-refractivity contribution in [2.45, 2.75) is 9.79 Å². The second-order valence-electron chi connectivity index (χ2n) is 7.11. The Hall–Kier alpha value is -4.23. The fourth-order valence-corrected chi connectivity index (χ4v) is 4.26. The maximum atomic E-state index is 13.0. The molecule has 4 aromatic rings. The van der Waals surface area contributed by atoms with E-state index in [-0.39, 0.29) is 9.79 Å². The van der Waals surface area contributed by atoms with Gasteiger partial charge in [-0.25, -0.2) is 8.42 Å². The van der Waals surface area contributed by atoms with Crippen LogP contribution in [0.5, 0.6) is 0 Å². The van der Waals surface area contributed by atoms with Crippen LogP contribution in [0.4, 0.5) is 11.4 Å². The summed E-state index contributed by atoms with van der Waals surface area (Å²) in [6.07, 6.45) is 3.40. The molecular formula is C26H22N4O2S. The monoisotopic (exact) mass is 454 g/mol. The maximum absolute atomic E-state index is 13.0. The average molecular weight is 455 g/mol. The van der Waals surface area contributed by atoms with Gasteiger partial charge in [0, 0.05) is 0 Å². The van der Waals surface area contributed by atoms with E-state index in [0.717, 1.165) is 11.1 Å². The summed E-state index contributed by atoms with van der Waals surface area (Å²) in [4.78, 5) is 0.422. The first-order chi connectivity index (χ1) is 16.1. The highest BCUT2D eigenvalue weighted by Crippen LogP contribution is 2.23. The van der Waals surface area contributed by atoms with Crippen LogP contribution in [0.1, 0.15) is 11.1 Å². The molecule has 0 aromatic heterocycles. The largest absolute Gasteiger partial charge is 0.279 e. The van der Waals surface area contributed by atoms with Crippen LogP contribution in [0.3, 0.4) is 0 Å². The third-order valence-corrected chi connectivity index (χ3v) is 6.53. The van der Waals surface area contributed by atoms with Gasteiger partial charge in [0.15, 0.2) is 0 Å². The van der Waals surface area contributed by atoms with Gasteiger partial charge in [-0.1, -0.05) is 60.7 Å². The lowest BCUT2D eigenvalue weighted by Crippen LogP contribution is -2.02. The van der Waals surface area contributed by atoms with Gasteiger partial charge >= 0.3 is 0 Å². The molecule has 0 amide bonds. The van der Waals surface area contributed by atoms with Gasteiger partial charge in [0.05, 0.1) is 33.6 Å². The third-order valence-electron chi connectivity index (χ3n) is 4.74. The Morgan fingerprint density at radius 1 is 0.515 bits per heavy atom. The van der Waals surface area contributed by atoms with Crippen molar-refractivity contribution in [3.63, 3.8) is 0 Å². The lowest BCUT2D eigenvalue weighted by atomic mass is 10.2. The SMILES string of the molecule is O=S(=O)(c1ccc(N/N=C/c2ccccc2)cc1)c1ccc(N/N=C/c2ccccc2)cc1. The number of anilines is 2. The Kier molecular flexibility index (Phi) is 6.92. The Bertz CT molecular complexity index is 1230. The Labute approximate surface area is 193 Å². The van der Waals surface area contributed by atoms with E-state index in [0.29, 0.717) is 11.4 Å². The predicted molar refractivity (Wildman–Crippen MR) is 134 cm³/mol. The van der Waals surface area contributed by atoms with Crippen molar-refractivity contribution in [1.82, 2.24) is 0 Å². The zero-order valence-electron chi connectivity index (χ0n) is 17.7.